The number of ether oxygens (including phenoxy) is 1. The molecule has 0 aromatic rings. The van der Waals surface area contributed by atoms with E-state index in [4.69, 9.17) is 10.5 Å². The van der Waals surface area contributed by atoms with Crippen molar-refractivity contribution in [2.24, 2.45) is 11.7 Å². The van der Waals surface area contributed by atoms with E-state index in [2.05, 4.69) is 13.8 Å². The minimum Gasteiger partial charge on any atom is -0.378 e. The topological polar surface area (TPSA) is 35.2 Å². The lowest BCUT2D eigenvalue weighted by molar-refractivity contribution is -0.0188. The largest absolute Gasteiger partial charge is 0.378 e. The molecule has 1 rings (SSSR count). The molecular formula is C8H18ClNO. The zero-order chi connectivity index (χ0) is 7.56. The third-order valence-corrected chi connectivity index (χ3v) is 2.10. The maximum absolute atomic E-state index is 5.78. The highest BCUT2D eigenvalue weighted by Crippen LogP contribution is 2.18. The lowest BCUT2D eigenvalue weighted by atomic mass is 9.96. The molecule has 2 nitrogen and oxygen atoms in total. The fraction of sp³-hybridized carbons (Fsp3) is 1.00. The Morgan fingerprint density at radius 2 is 2.09 bits per heavy atom. The fourth-order valence-corrected chi connectivity index (χ4v) is 1.32. The molecular weight excluding hydrogens is 162 g/mol. The van der Waals surface area contributed by atoms with E-state index < -0.39 is 0 Å². The first-order valence-corrected chi connectivity index (χ1v) is 4.07. The first kappa shape index (κ1) is 11.2. The zero-order valence-electron chi connectivity index (χ0n) is 7.25. The molecule has 0 aromatic carbocycles. The number of hydrogen-bond donors (Lipinski definition) is 1. The Labute approximate surface area is 74.9 Å². The van der Waals surface area contributed by atoms with Crippen LogP contribution >= 0.6 is 12.4 Å². The van der Waals surface area contributed by atoms with Crippen molar-refractivity contribution < 1.29 is 4.74 Å². The molecule has 0 aromatic heterocycles. The zero-order valence-corrected chi connectivity index (χ0v) is 8.06. The summed E-state index contributed by atoms with van der Waals surface area (Å²) in [4.78, 5) is 0. The quantitative estimate of drug-likeness (QED) is 0.664. The molecule has 0 radical (unpaired) electrons. The summed E-state index contributed by atoms with van der Waals surface area (Å²) in [6.45, 7) is 5.22. The lowest BCUT2D eigenvalue weighted by Gasteiger charge is -2.29. The van der Waals surface area contributed by atoms with Gasteiger partial charge in [0.15, 0.2) is 0 Å². The first-order valence-electron chi connectivity index (χ1n) is 4.07. The number of rotatable bonds is 1. The van der Waals surface area contributed by atoms with Gasteiger partial charge in [-0.15, -0.1) is 12.4 Å². The van der Waals surface area contributed by atoms with E-state index in [0.717, 1.165) is 19.4 Å². The summed E-state index contributed by atoms with van der Waals surface area (Å²) in [6.07, 6.45) is 2.48. The van der Waals surface area contributed by atoms with Crippen LogP contribution in [0.3, 0.4) is 0 Å². The summed E-state index contributed by atoms with van der Waals surface area (Å²) < 4.78 is 5.53. The monoisotopic (exact) mass is 179 g/mol. The molecule has 0 spiro atoms. The average Bonchev–Trinajstić information content (AvgIpc) is 1.88. The molecule has 1 fully saturated rings. The minimum absolute atomic E-state index is 0. The molecule has 0 unspecified atom stereocenters. The molecule has 11 heavy (non-hydrogen) atoms. The van der Waals surface area contributed by atoms with Crippen molar-refractivity contribution in [2.45, 2.75) is 38.8 Å². The van der Waals surface area contributed by atoms with Gasteiger partial charge < -0.3 is 10.5 Å². The van der Waals surface area contributed by atoms with E-state index >= 15 is 0 Å². The van der Waals surface area contributed by atoms with Gasteiger partial charge in [0.2, 0.25) is 0 Å². The standard InChI is InChI=1S/C8H17NO.ClH/c1-6(2)8-5-7(9)3-4-10-8;/h6-8H,3-5,9H2,1-2H3;1H/t7-,8-;/m1./s1. The van der Waals surface area contributed by atoms with Crippen LogP contribution < -0.4 is 5.73 Å². The Morgan fingerprint density at radius 1 is 1.45 bits per heavy atom. The van der Waals surface area contributed by atoms with Gasteiger partial charge >= 0.3 is 0 Å². The number of hydrogen-bond acceptors (Lipinski definition) is 2. The fourth-order valence-electron chi connectivity index (χ4n) is 1.32. The van der Waals surface area contributed by atoms with Gasteiger partial charge in [0, 0.05) is 12.6 Å². The summed E-state index contributed by atoms with van der Waals surface area (Å²) in [6, 6.07) is 0.376. The highest BCUT2D eigenvalue weighted by molar-refractivity contribution is 5.85. The van der Waals surface area contributed by atoms with E-state index in [1.54, 1.807) is 0 Å². The predicted molar refractivity (Wildman–Crippen MR) is 49.0 cm³/mol. The molecule has 0 bridgehead atoms. The van der Waals surface area contributed by atoms with Crippen LogP contribution in [0.4, 0.5) is 0 Å². The van der Waals surface area contributed by atoms with E-state index in [-0.39, 0.29) is 12.4 Å². The highest BCUT2D eigenvalue weighted by Gasteiger charge is 2.21. The van der Waals surface area contributed by atoms with E-state index in [9.17, 15) is 0 Å². The van der Waals surface area contributed by atoms with Crippen LogP contribution in [0, 0.1) is 5.92 Å². The van der Waals surface area contributed by atoms with Crippen LogP contribution in [-0.4, -0.2) is 18.8 Å². The summed E-state index contributed by atoms with van der Waals surface area (Å²) in [7, 11) is 0. The van der Waals surface area contributed by atoms with Gasteiger partial charge in [0.25, 0.3) is 0 Å². The van der Waals surface area contributed by atoms with Crippen molar-refractivity contribution in [3.8, 4) is 0 Å². The molecule has 2 N–H and O–H groups in total. The van der Waals surface area contributed by atoms with Crippen molar-refractivity contribution in [2.75, 3.05) is 6.61 Å². The van der Waals surface area contributed by atoms with Gasteiger partial charge in [-0.25, -0.2) is 0 Å². The predicted octanol–water partition coefficient (Wildman–Crippen LogP) is 1.57. The second kappa shape index (κ2) is 4.96. The van der Waals surface area contributed by atoms with Gasteiger partial charge in [0.05, 0.1) is 6.10 Å². The molecule has 68 valence electrons. The van der Waals surface area contributed by atoms with Gasteiger partial charge in [0.1, 0.15) is 0 Å². The van der Waals surface area contributed by atoms with Crippen LogP contribution in [0.1, 0.15) is 26.7 Å². The van der Waals surface area contributed by atoms with Crippen LogP contribution in [0.25, 0.3) is 0 Å². The third kappa shape index (κ3) is 3.41. The van der Waals surface area contributed by atoms with Crippen molar-refractivity contribution in [3.63, 3.8) is 0 Å². The Bertz CT molecular complexity index is 108. The van der Waals surface area contributed by atoms with Crippen LogP contribution in [0.5, 0.6) is 0 Å². The van der Waals surface area contributed by atoms with Crippen LogP contribution in [0.15, 0.2) is 0 Å². The van der Waals surface area contributed by atoms with Crippen LogP contribution in [-0.2, 0) is 4.74 Å². The Balaban J connectivity index is 0.000001000. The van der Waals surface area contributed by atoms with E-state index in [1.165, 1.54) is 0 Å². The smallest absolute Gasteiger partial charge is 0.0612 e. The Morgan fingerprint density at radius 3 is 2.45 bits per heavy atom. The molecule has 1 aliphatic rings. The van der Waals surface area contributed by atoms with Gasteiger partial charge in [-0.3, -0.25) is 0 Å². The van der Waals surface area contributed by atoms with Crippen molar-refractivity contribution >= 4 is 12.4 Å². The normalized spacial score (nSPS) is 31.6. The molecule has 1 saturated heterocycles. The maximum atomic E-state index is 5.78. The van der Waals surface area contributed by atoms with Crippen molar-refractivity contribution in [1.82, 2.24) is 0 Å². The first-order chi connectivity index (χ1) is 4.70. The van der Waals surface area contributed by atoms with Gasteiger partial charge in [-0.2, -0.15) is 0 Å². The second-order valence-corrected chi connectivity index (χ2v) is 3.44. The van der Waals surface area contributed by atoms with E-state index in [1.807, 2.05) is 0 Å². The third-order valence-electron chi connectivity index (χ3n) is 2.10. The molecule has 0 amide bonds. The van der Waals surface area contributed by atoms with Crippen molar-refractivity contribution in [1.29, 1.82) is 0 Å². The molecule has 1 aliphatic heterocycles. The minimum atomic E-state index is 0. The highest BCUT2D eigenvalue weighted by atomic mass is 35.5. The van der Waals surface area contributed by atoms with Gasteiger partial charge in [-0.05, 0) is 18.8 Å². The number of nitrogens with two attached hydrogens (primary N) is 1. The van der Waals surface area contributed by atoms with Gasteiger partial charge in [-0.1, -0.05) is 13.8 Å². The summed E-state index contributed by atoms with van der Waals surface area (Å²) in [5.74, 6) is 0.617. The number of halogens is 1. The Hall–Kier alpha value is 0.210. The van der Waals surface area contributed by atoms with E-state index in [0.29, 0.717) is 18.1 Å². The molecule has 3 heteroatoms. The molecule has 1 heterocycles. The lowest BCUT2D eigenvalue weighted by Crippen LogP contribution is -2.37. The maximum Gasteiger partial charge on any atom is 0.0612 e. The molecule has 0 saturated carbocycles. The SMILES string of the molecule is CC(C)[C@H]1C[C@H](N)CCO1.Cl. The summed E-state index contributed by atoms with van der Waals surface area (Å²) in [5.41, 5.74) is 5.78. The molecule has 0 aliphatic carbocycles. The second-order valence-electron chi connectivity index (χ2n) is 3.44. The average molecular weight is 180 g/mol. The van der Waals surface area contributed by atoms with Crippen molar-refractivity contribution in [3.05, 3.63) is 0 Å². The summed E-state index contributed by atoms with van der Waals surface area (Å²) >= 11 is 0. The van der Waals surface area contributed by atoms with Crippen LogP contribution in [0.2, 0.25) is 0 Å². The Kier molecular flexibility index (Phi) is 5.06. The molecule has 2 atom stereocenters. The summed E-state index contributed by atoms with van der Waals surface area (Å²) in [5, 5.41) is 0.